The van der Waals surface area contributed by atoms with E-state index in [0.29, 0.717) is 18.7 Å². The predicted molar refractivity (Wildman–Crippen MR) is 62.9 cm³/mol. The van der Waals surface area contributed by atoms with Crippen LogP contribution in [0.2, 0.25) is 0 Å². The van der Waals surface area contributed by atoms with Gasteiger partial charge >= 0.3 is 0 Å². The fraction of sp³-hybridized carbons (Fsp3) is 0.231. The van der Waals surface area contributed by atoms with Gasteiger partial charge in [0.2, 0.25) is 0 Å². The summed E-state index contributed by atoms with van der Waals surface area (Å²) in [7, 11) is 0. The van der Waals surface area contributed by atoms with Crippen LogP contribution >= 0.6 is 0 Å². The zero-order chi connectivity index (χ0) is 12.1. The van der Waals surface area contributed by atoms with E-state index in [1.807, 2.05) is 31.2 Å². The average molecular weight is 227 g/mol. The van der Waals surface area contributed by atoms with Crippen LogP contribution < -0.4 is 5.32 Å². The van der Waals surface area contributed by atoms with Crippen LogP contribution in [0.15, 0.2) is 34.9 Å². The smallest absolute Gasteiger partial charge is 0.150 e. The monoisotopic (exact) mass is 227 g/mol. The average Bonchev–Trinajstić information content (AvgIpc) is 2.75. The molecular formula is C13H13N3O. The Labute approximate surface area is 99.9 Å². The zero-order valence-electron chi connectivity index (χ0n) is 9.60. The molecule has 0 aliphatic rings. The van der Waals surface area contributed by atoms with Crippen molar-refractivity contribution in [2.45, 2.75) is 20.0 Å². The Balaban J connectivity index is 1.88. The molecule has 1 heterocycles. The molecule has 0 unspecified atom stereocenters. The van der Waals surface area contributed by atoms with Crippen LogP contribution in [-0.2, 0) is 13.1 Å². The highest BCUT2D eigenvalue weighted by molar-refractivity contribution is 5.32. The van der Waals surface area contributed by atoms with Crippen LogP contribution in [0.1, 0.15) is 22.6 Å². The van der Waals surface area contributed by atoms with Crippen molar-refractivity contribution in [1.29, 1.82) is 5.26 Å². The summed E-state index contributed by atoms with van der Waals surface area (Å²) in [6, 6.07) is 11.6. The van der Waals surface area contributed by atoms with E-state index in [4.69, 9.17) is 9.78 Å². The molecule has 0 aliphatic heterocycles. The Hall–Kier alpha value is -2.12. The van der Waals surface area contributed by atoms with E-state index in [1.165, 1.54) is 0 Å². The molecule has 0 bridgehead atoms. The van der Waals surface area contributed by atoms with Gasteiger partial charge < -0.3 is 9.84 Å². The summed E-state index contributed by atoms with van der Waals surface area (Å²) >= 11 is 0. The molecule has 1 N–H and O–H groups in total. The molecule has 0 atom stereocenters. The lowest BCUT2D eigenvalue weighted by atomic mass is 10.1. The first-order valence-electron chi connectivity index (χ1n) is 5.40. The second kappa shape index (κ2) is 5.28. The molecule has 4 nitrogen and oxygen atoms in total. The Morgan fingerprint density at radius 1 is 1.35 bits per heavy atom. The second-order valence-electron chi connectivity index (χ2n) is 3.85. The molecule has 0 spiro atoms. The van der Waals surface area contributed by atoms with E-state index in [2.05, 4.69) is 16.5 Å². The van der Waals surface area contributed by atoms with E-state index < -0.39 is 0 Å². The highest BCUT2D eigenvalue weighted by Gasteiger charge is 2.00. The van der Waals surface area contributed by atoms with Crippen LogP contribution in [0.4, 0.5) is 0 Å². The molecule has 0 saturated carbocycles. The van der Waals surface area contributed by atoms with Gasteiger partial charge in [0, 0.05) is 12.6 Å². The van der Waals surface area contributed by atoms with Crippen LogP contribution in [0.5, 0.6) is 0 Å². The van der Waals surface area contributed by atoms with Gasteiger partial charge in [0.15, 0.2) is 5.76 Å². The van der Waals surface area contributed by atoms with Gasteiger partial charge in [-0.15, -0.1) is 0 Å². The van der Waals surface area contributed by atoms with Crippen LogP contribution in [0.25, 0.3) is 0 Å². The maximum Gasteiger partial charge on any atom is 0.150 e. The Morgan fingerprint density at radius 3 is 2.94 bits per heavy atom. The number of nitriles is 1. The molecule has 2 rings (SSSR count). The summed E-state index contributed by atoms with van der Waals surface area (Å²) in [5.41, 5.74) is 2.65. The highest BCUT2D eigenvalue weighted by Crippen LogP contribution is 2.05. The second-order valence-corrected chi connectivity index (χ2v) is 3.85. The topological polar surface area (TPSA) is 61.9 Å². The first-order valence-corrected chi connectivity index (χ1v) is 5.40. The fourth-order valence-electron chi connectivity index (χ4n) is 1.58. The maximum absolute atomic E-state index is 8.77. The maximum atomic E-state index is 8.77. The number of nitrogens with one attached hydrogen (secondary N) is 1. The molecule has 0 amide bonds. The molecule has 0 radical (unpaired) electrons. The van der Waals surface area contributed by atoms with Gasteiger partial charge in [0.05, 0.1) is 23.9 Å². The van der Waals surface area contributed by atoms with E-state index in [1.54, 1.807) is 6.07 Å². The van der Waals surface area contributed by atoms with Crippen molar-refractivity contribution in [3.8, 4) is 6.07 Å². The number of aromatic nitrogens is 1. The number of benzene rings is 1. The van der Waals surface area contributed by atoms with Crippen LogP contribution in [-0.4, -0.2) is 5.16 Å². The van der Waals surface area contributed by atoms with Crippen molar-refractivity contribution in [2.75, 3.05) is 0 Å². The Bertz CT molecular complexity index is 540. The van der Waals surface area contributed by atoms with Crippen molar-refractivity contribution in [3.63, 3.8) is 0 Å². The lowest BCUT2D eigenvalue weighted by molar-refractivity contribution is 0.369. The minimum Gasteiger partial charge on any atom is -0.360 e. The molecule has 17 heavy (non-hydrogen) atoms. The fourth-order valence-corrected chi connectivity index (χ4v) is 1.58. The van der Waals surface area contributed by atoms with Crippen molar-refractivity contribution in [1.82, 2.24) is 10.5 Å². The van der Waals surface area contributed by atoms with E-state index >= 15 is 0 Å². The van der Waals surface area contributed by atoms with Gasteiger partial charge in [-0.2, -0.15) is 5.26 Å². The van der Waals surface area contributed by atoms with Crippen molar-refractivity contribution in [2.24, 2.45) is 0 Å². The van der Waals surface area contributed by atoms with Gasteiger partial charge in [-0.1, -0.05) is 17.3 Å². The molecule has 1 aromatic carbocycles. The molecule has 1 aromatic heterocycles. The summed E-state index contributed by atoms with van der Waals surface area (Å²) in [5, 5.41) is 15.8. The predicted octanol–water partition coefficient (Wildman–Crippen LogP) is 2.14. The number of hydrogen-bond acceptors (Lipinski definition) is 4. The number of hydrogen-bond donors (Lipinski definition) is 1. The number of rotatable bonds is 4. The Kier molecular flexibility index (Phi) is 3.53. The highest BCUT2D eigenvalue weighted by atomic mass is 16.5. The number of nitrogens with zero attached hydrogens (tertiary/aromatic N) is 2. The molecular weight excluding hydrogens is 214 g/mol. The third-order valence-electron chi connectivity index (χ3n) is 2.36. The van der Waals surface area contributed by atoms with Gasteiger partial charge in [-0.05, 0) is 24.6 Å². The van der Waals surface area contributed by atoms with Crippen molar-refractivity contribution < 1.29 is 4.52 Å². The Morgan fingerprint density at radius 2 is 2.24 bits per heavy atom. The zero-order valence-corrected chi connectivity index (χ0v) is 9.60. The van der Waals surface area contributed by atoms with E-state index in [-0.39, 0.29) is 0 Å². The van der Waals surface area contributed by atoms with Crippen LogP contribution in [0, 0.1) is 18.3 Å². The summed E-state index contributed by atoms with van der Waals surface area (Å²) in [6.07, 6.45) is 0. The first kappa shape index (κ1) is 11.4. The van der Waals surface area contributed by atoms with Gasteiger partial charge in [-0.25, -0.2) is 0 Å². The van der Waals surface area contributed by atoms with Crippen LogP contribution in [0.3, 0.4) is 0 Å². The van der Waals surface area contributed by atoms with Gasteiger partial charge in [0.25, 0.3) is 0 Å². The van der Waals surface area contributed by atoms with Gasteiger partial charge in [-0.3, -0.25) is 0 Å². The first-order chi connectivity index (χ1) is 8.28. The summed E-state index contributed by atoms with van der Waals surface area (Å²) in [4.78, 5) is 0. The molecule has 0 fully saturated rings. The van der Waals surface area contributed by atoms with Crippen molar-refractivity contribution >= 4 is 0 Å². The molecule has 86 valence electrons. The lowest BCUT2D eigenvalue weighted by Gasteiger charge is -2.02. The molecule has 0 saturated heterocycles. The lowest BCUT2D eigenvalue weighted by Crippen LogP contribution is -2.12. The number of aryl methyl sites for hydroxylation is 1. The third kappa shape index (κ3) is 3.16. The largest absolute Gasteiger partial charge is 0.360 e. The molecule has 0 aliphatic carbocycles. The van der Waals surface area contributed by atoms with Gasteiger partial charge in [0.1, 0.15) is 0 Å². The minimum absolute atomic E-state index is 0.637. The summed E-state index contributed by atoms with van der Waals surface area (Å²) in [5.74, 6) is 0.818. The standard InChI is InChI=1S/C13H13N3O/c1-10-5-13(17-16-10)9-15-8-12-4-2-3-11(6-12)7-14/h2-6,15H,8-9H2,1H3. The minimum atomic E-state index is 0.637. The van der Waals surface area contributed by atoms with Crippen molar-refractivity contribution in [3.05, 3.63) is 52.9 Å². The third-order valence-corrected chi connectivity index (χ3v) is 2.36. The SMILES string of the molecule is Cc1cc(CNCc2cccc(C#N)c2)on1. The van der Waals surface area contributed by atoms with E-state index in [9.17, 15) is 0 Å². The van der Waals surface area contributed by atoms with E-state index in [0.717, 1.165) is 17.0 Å². The molecule has 4 heteroatoms. The normalized spacial score (nSPS) is 10.1. The summed E-state index contributed by atoms with van der Waals surface area (Å²) < 4.78 is 5.08. The summed E-state index contributed by atoms with van der Waals surface area (Å²) in [6.45, 7) is 3.23. The molecule has 2 aromatic rings. The quantitative estimate of drug-likeness (QED) is 0.869.